The Morgan fingerprint density at radius 3 is 2.77 bits per heavy atom. The lowest BCUT2D eigenvalue weighted by atomic mass is 10.1. The van der Waals surface area contributed by atoms with Gasteiger partial charge in [-0.25, -0.2) is 0 Å². The lowest BCUT2D eigenvalue weighted by molar-refractivity contribution is -0.0332. The fourth-order valence-corrected chi connectivity index (χ4v) is 2.21. The normalized spacial score (nSPS) is 40.5. The van der Waals surface area contributed by atoms with E-state index < -0.39 is 0 Å². The van der Waals surface area contributed by atoms with Gasteiger partial charge in [0, 0.05) is 6.61 Å². The minimum Gasteiger partial charge on any atom is -0.376 e. The van der Waals surface area contributed by atoms with Gasteiger partial charge in [0.1, 0.15) is 0 Å². The zero-order chi connectivity index (χ0) is 9.10. The van der Waals surface area contributed by atoms with Crippen LogP contribution in [0.3, 0.4) is 0 Å². The molecule has 3 atom stereocenters. The van der Waals surface area contributed by atoms with Crippen molar-refractivity contribution in [3.63, 3.8) is 0 Å². The highest BCUT2D eigenvalue weighted by atomic mass is 16.6. The third-order valence-electron chi connectivity index (χ3n) is 2.87. The molecule has 74 valence electrons. The maximum Gasteiger partial charge on any atom is 0.0845 e. The fraction of sp³-hybridized carbons (Fsp3) is 0.818. The first-order valence-corrected chi connectivity index (χ1v) is 5.30. The number of rotatable bonds is 2. The van der Waals surface area contributed by atoms with Gasteiger partial charge in [-0.15, -0.1) is 0 Å². The average molecular weight is 182 g/mol. The van der Waals surface area contributed by atoms with Gasteiger partial charge in [0.15, 0.2) is 0 Å². The first-order chi connectivity index (χ1) is 6.40. The van der Waals surface area contributed by atoms with E-state index in [-0.39, 0.29) is 0 Å². The minimum absolute atomic E-state index is 0.346. The molecule has 0 aromatic rings. The maximum atomic E-state index is 5.87. The van der Waals surface area contributed by atoms with Crippen LogP contribution in [0.1, 0.15) is 32.6 Å². The average Bonchev–Trinajstić information content (AvgIpc) is 2.70. The van der Waals surface area contributed by atoms with Crippen molar-refractivity contribution in [2.45, 2.75) is 50.9 Å². The van der Waals surface area contributed by atoms with Gasteiger partial charge < -0.3 is 9.47 Å². The van der Waals surface area contributed by atoms with E-state index in [9.17, 15) is 0 Å². The molecule has 2 nitrogen and oxygen atoms in total. The van der Waals surface area contributed by atoms with E-state index in [1.165, 1.54) is 19.3 Å². The Labute approximate surface area is 79.9 Å². The summed E-state index contributed by atoms with van der Waals surface area (Å²) in [6, 6.07) is 0. The molecule has 0 N–H and O–H groups in total. The SMILES string of the molecule is C/C=C/[C@@H]1CC[C@@H]([C@H]2CCCO2)O1. The lowest BCUT2D eigenvalue weighted by Crippen LogP contribution is -2.25. The molecule has 0 amide bonds. The molecule has 2 rings (SSSR count). The molecule has 2 fully saturated rings. The predicted molar refractivity (Wildman–Crippen MR) is 51.7 cm³/mol. The lowest BCUT2D eigenvalue weighted by Gasteiger charge is -2.17. The van der Waals surface area contributed by atoms with Gasteiger partial charge in [-0.05, 0) is 32.6 Å². The number of hydrogen-bond donors (Lipinski definition) is 0. The van der Waals surface area contributed by atoms with Gasteiger partial charge in [-0.3, -0.25) is 0 Å². The smallest absolute Gasteiger partial charge is 0.0845 e. The number of ether oxygens (including phenoxy) is 2. The van der Waals surface area contributed by atoms with Crippen LogP contribution in [-0.4, -0.2) is 24.9 Å². The molecule has 0 bridgehead atoms. The molecule has 0 radical (unpaired) electrons. The van der Waals surface area contributed by atoms with Gasteiger partial charge in [0.25, 0.3) is 0 Å². The second-order valence-electron chi connectivity index (χ2n) is 3.87. The van der Waals surface area contributed by atoms with E-state index in [1.807, 2.05) is 6.92 Å². The van der Waals surface area contributed by atoms with Crippen molar-refractivity contribution in [2.75, 3.05) is 6.61 Å². The number of hydrogen-bond acceptors (Lipinski definition) is 2. The van der Waals surface area contributed by atoms with E-state index in [0.717, 1.165) is 13.0 Å². The predicted octanol–water partition coefficient (Wildman–Crippen LogP) is 2.29. The molecule has 0 aromatic heterocycles. The summed E-state index contributed by atoms with van der Waals surface area (Å²) in [5, 5.41) is 0. The van der Waals surface area contributed by atoms with Crippen molar-refractivity contribution in [2.24, 2.45) is 0 Å². The van der Waals surface area contributed by atoms with Gasteiger partial charge in [-0.1, -0.05) is 12.2 Å². The Kier molecular flexibility index (Phi) is 3.01. The Morgan fingerprint density at radius 1 is 1.15 bits per heavy atom. The Morgan fingerprint density at radius 2 is 2.08 bits per heavy atom. The van der Waals surface area contributed by atoms with Crippen molar-refractivity contribution in [1.29, 1.82) is 0 Å². The van der Waals surface area contributed by atoms with Crippen LogP contribution in [0, 0.1) is 0 Å². The third kappa shape index (κ3) is 2.12. The summed E-state index contributed by atoms with van der Waals surface area (Å²) < 4.78 is 11.5. The first kappa shape index (κ1) is 9.22. The zero-order valence-electron chi connectivity index (χ0n) is 8.24. The summed E-state index contributed by atoms with van der Waals surface area (Å²) >= 11 is 0. The van der Waals surface area contributed by atoms with Crippen molar-refractivity contribution >= 4 is 0 Å². The Balaban J connectivity index is 1.83. The molecule has 13 heavy (non-hydrogen) atoms. The van der Waals surface area contributed by atoms with Crippen LogP contribution in [0.25, 0.3) is 0 Å². The molecule has 2 heteroatoms. The van der Waals surface area contributed by atoms with Crippen LogP contribution in [0.2, 0.25) is 0 Å². The molecule has 2 heterocycles. The van der Waals surface area contributed by atoms with Gasteiger partial charge in [-0.2, -0.15) is 0 Å². The summed E-state index contributed by atoms with van der Waals surface area (Å²) in [4.78, 5) is 0. The fourth-order valence-electron chi connectivity index (χ4n) is 2.21. The van der Waals surface area contributed by atoms with Crippen molar-refractivity contribution in [3.8, 4) is 0 Å². The summed E-state index contributed by atoms with van der Waals surface area (Å²) in [5.74, 6) is 0. The zero-order valence-corrected chi connectivity index (χ0v) is 8.24. The quantitative estimate of drug-likeness (QED) is 0.610. The molecular weight excluding hydrogens is 164 g/mol. The second kappa shape index (κ2) is 4.25. The largest absolute Gasteiger partial charge is 0.376 e. The van der Waals surface area contributed by atoms with Crippen LogP contribution in [0.15, 0.2) is 12.2 Å². The molecule has 0 spiro atoms. The third-order valence-corrected chi connectivity index (χ3v) is 2.87. The van der Waals surface area contributed by atoms with Gasteiger partial charge >= 0.3 is 0 Å². The van der Waals surface area contributed by atoms with Crippen LogP contribution in [0.5, 0.6) is 0 Å². The van der Waals surface area contributed by atoms with E-state index in [1.54, 1.807) is 0 Å². The van der Waals surface area contributed by atoms with E-state index in [0.29, 0.717) is 18.3 Å². The molecule has 2 aliphatic rings. The van der Waals surface area contributed by atoms with Crippen molar-refractivity contribution in [3.05, 3.63) is 12.2 Å². The highest BCUT2D eigenvalue weighted by Crippen LogP contribution is 2.28. The van der Waals surface area contributed by atoms with Crippen LogP contribution in [-0.2, 0) is 9.47 Å². The summed E-state index contributed by atoms with van der Waals surface area (Å²) in [6.45, 7) is 2.97. The first-order valence-electron chi connectivity index (χ1n) is 5.30. The molecule has 0 saturated carbocycles. The molecule has 2 saturated heterocycles. The van der Waals surface area contributed by atoms with Gasteiger partial charge in [0.05, 0.1) is 18.3 Å². The minimum atomic E-state index is 0.346. The summed E-state index contributed by atoms with van der Waals surface area (Å²) in [5.41, 5.74) is 0. The summed E-state index contributed by atoms with van der Waals surface area (Å²) in [7, 11) is 0. The van der Waals surface area contributed by atoms with Crippen LogP contribution < -0.4 is 0 Å². The Bertz CT molecular complexity index is 183. The van der Waals surface area contributed by atoms with Crippen molar-refractivity contribution < 1.29 is 9.47 Å². The van der Waals surface area contributed by atoms with Gasteiger partial charge in [0.2, 0.25) is 0 Å². The highest BCUT2D eigenvalue weighted by molar-refractivity contribution is 4.93. The second-order valence-corrected chi connectivity index (χ2v) is 3.87. The van der Waals surface area contributed by atoms with E-state index >= 15 is 0 Å². The standard InChI is InChI=1S/C11H18O2/c1-2-4-9-6-7-11(13-9)10-5-3-8-12-10/h2,4,9-11H,3,5-8H2,1H3/b4-2+/t9-,10-,11+/m1/s1. The van der Waals surface area contributed by atoms with Crippen LogP contribution >= 0.6 is 0 Å². The molecule has 2 aliphatic heterocycles. The maximum absolute atomic E-state index is 5.87. The highest BCUT2D eigenvalue weighted by Gasteiger charge is 2.32. The monoisotopic (exact) mass is 182 g/mol. The molecule has 0 unspecified atom stereocenters. The molecular formula is C11H18O2. The Hall–Kier alpha value is -0.340. The number of allylic oxidation sites excluding steroid dienone is 1. The molecule has 0 aliphatic carbocycles. The van der Waals surface area contributed by atoms with Crippen LogP contribution in [0.4, 0.5) is 0 Å². The van der Waals surface area contributed by atoms with Crippen molar-refractivity contribution in [1.82, 2.24) is 0 Å². The van der Waals surface area contributed by atoms with E-state index in [4.69, 9.17) is 9.47 Å². The van der Waals surface area contributed by atoms with E-state index in [2.05, 4.69) is 12.2 Å². The molecule has 0 aromatic carbocycles. The summed E-state index contributed by atoms with van der Waals surface area (Å²) in [6.07, 6.45) is 10.0. The topological polar surface area (TPSA) is 18.5 Å².